The second kappa shape index (κ2) is 7.85. The number of amides is 1. The molecule has 10 heteroatoms. The van der Waals surface area contributed by atoms with E-state index >= 15 is 0 Å². The highest BCUT2D eigenvalue weighted by molar-refractivity contribution is 8.27. The number of hydrogen-bond acceptors (Lipinski definition) is 6. The highest BCUT2D eigenvalue weighted by Crippen LogP contribution is 2.39. The second-order valence-corrected chi connectivity index (χ2v) is 7.79. The van der Waals surface area contributed by atoms with Crippen LogP contribution in [0.25, 0.3) is 6.08 Å². The maximum atomic E-state index is 12.8. The molecule has 3 rings (SSSR count). The van der Waals surface area contributed by atoms with Gasteiger partial charge in [-0.2, -0.15) is 0 Å². The Morgan fingerprint density at radius 1 is 1.22 bits per heavy atom. The summed E-state index contributed by atoms with van der Waals surface area (Å²) < 4.78 is 5.44. The van der Waals surface area contributed by atoms with Gasteiger partial charge in [0.25, 0.3) is 11.6 Å². The van der Waals surface area contributed by atoms with Crippen molar-refractivity contribution in [2.75, 3.05) is 12.0 Å². The summed E-state index contributed by atoms with van der Waals surface area (Å²) in [6, 6.07) is 9.20. The molecule has 0 unspecified atom stereocenters. The Kier molecular flexibility index (Phi) is 5.71. The van der Waals surface area contributed by atoms with E-state index in [1.54, 1.807) is 24.3 Å². The van der Waals surface area contributed by atoms with Crippen molar-refractivity contribution in [1.82, 2.24) is 0 Å². The molecule has 27 heavy (non-hydrogen) atoms. The van der Waals surface area contributed by atoms with E-state index < -0.39 is 4.92 Å². The number of hydrogen-bond donors (Lipinski definition) is 0. The SMILES string of the molecule is COc1ccc(N2C(=O)/C(=C/c3ccc(Cl)c([N+](=O)[O-])c3)SC2=S)cc1Cl. The molecule has 1 fully saturated rings. The predicted molar refractivity (Wildman–Crippen MR) is 112 cm³/mol. The smallest absolute Gasteiger partial charge is 0.288 e. The Morgan fingerprint density at radius 2 is 1.96 bits per heavy atom. The normalized spacial score (nSPS) is 15.5. The average Bonchev–Trinajstić information content (AvgIpc) is 2.89. The molecule has 0 aliphatic carbocycles. The van der Waals surface area contributed by atoms with Crippen molar-refractivity contribution in [2.45, 2.75) is 0 Å². The zero-order valence-corrected chi connectivity index (χ0v) is 16.8. The minimum Gasteiger partial charge on any atom is -0.495 e. The summed E-state index contributed by atoms with van der Waals surface area (Å²) in [7, 11) is 1.49. The van der Waals surface area contributed by atoms with Crippen LogP contribution in [0.5, 0.6) is 5.75 Å². The van der Waals surface area contributed by atoms with Gasteiger partial charge in [0, 0.05) is 6.07 Å². The molecule has 1 saturated heterocycles. The standard InChI is InChI=1S/C17H10Cl2N2O4S2/c1-25-14-5-3-10(8-12(14)19)20-16(22)15(27-17(20)26)7-9-2-4-11(18)13(6-9)21(23)24/h2-8H,1H3/b15-7-. The number of ether oxygens (including phenoxy) is 1. The third kappa shape index (κ3) is 3.93. The monoisotopic (exact) mass is 440 g/mol. The topological polar surface area (TPSA) is 72.7 Å². The molecule has 6 nitrogen and oxygen atoms in total. The Balaban J connectivity index is 1.94. The van der Waals surface area contributed by atoms with E-state index in [1.807, 2.05) is 0 Å². The number of thioether (sulfide) groups is 1. The van der Waals surface area contributed by atoms with Gasteiger partial charge in [-0.1, -0.05) is 53.2 Å². The van der Waals surface area contributed by atoms with E-state index in [4.69, 9.17) is 40.2 Å². The molecule has 1 heterocycles. The lowest BCUT2D eigenvalue weighted by Gasteiger charge is -2.15. The Bertz CT molecular complexity index is 1010. The zero-order valence-electron chi connectivity index (χ0n) is 13.6. The maximum Gasteiger partial charge on any atom is 0.288 e. The molecule has 0 spiro atoms. The average molecular weight is 441 g/mol. The zero-order chi connectivity index (χ0) is 19.7. The fourth-order valence-corrected chi connectivity index (χ4v) is 4.13. The van der Waals surface area contributed by atoms with Gasteiger partial charge in [0.05, 0.1) is 27.6 Å². The Hall–Kier alpha value is -2.13. The molecule has 0 aromatic heterocycles. The lowest BCUT2D eigenvalue weighted by Crippen LogP contribution is -2.27. The van der Waals surface area contributed by atoms with E-state index in [0.29, 0.717) is 31.2 Å². The van der Waals surface area contributed by atoms with Crippen molar-refractivity contribution in [3.05, 3.63) is 67.0 Å². The highest BCUT2D eigenvalue weighted by atomic mass is 35.5. The third-order valence-corrected chi connectivity index (χ3v) is 5.57. The number of nitrogens with zero attached hydrogens (tertiary/aromatic N) is 2. The van der Waals surface area contributed by atoms with Crippen LogP contribution in [0, 0.1) is 10.1 Å². The van der Waals surface area contributed by atoms with E-state index in [9.17, 15) is 14.9 Å². The molecule has 0 saturated carbocycles. The van der Waals surface area contributed by atoms with E-state index in [2.05, 4.69) is 0 Å². The van der Waals surface area contributed by atoms with Gasteiger partial charge in [0.1, 0.15) is 10.8 Å². The molecule has 1 aliphatic rings. The van der Waals surface area contributed by atoms with Crippen molar-refractivity contribution in [1.29, 1.82) is 0 Å². The number of thiocarbonyl (C=S) groups is 1. The first-order valence-corrected chi connectivity index (χ1v) is 9.35. The number of benzene rings is 2. The van der Waals surface area contributed by atoms with E-state index in [-0.39, 0.29) is 16.6 Å². The lowest BCUT2D eigenvalue weighted by molar-refractivity contribution is -0.384. The van der Waals surface area contributed by atoms with Crippen LogP contribution in [0.15, 0.2) is 41.3 Å². The maximum absolute atomic E-state index is 12.8. The summed E-state index contributed by atoms with van der Waals surface area (Å²) in [5.74, 6) is 0.138. The number of rotatable bonds is 4. The van der Waals surface area contributed by atoms with Crippen molar-refractivity contribution in [2.24, 2.45) is 0 Å². The largest absolute Gasteiger partial charge is 0.495 e. The summed E-state index contributed by atoms with van der Waals surface area (Å²) in [5.41, 5.74) is 0.746. The summed E-state index contributed by atoms with van der Waals surface area (Å²) in [6.45, 7) is 0. The molecule has 1 amide bonds. The van der Waals surface area contributed by atoms with Gasteiger partial charge in [-0.15, -0.1) is 0 Å². The minimum atomic E-state index is -0.579. The van der Waals surface area contributed by atoms with Crippen LogP contribution in [0.1, 0.15) is 5.56 Å². The highest BCUT2D eigenvalue weighted by Gasteiger charge is 2.33. The fourth-order valence-electron chi connectivity index (χ4n) is 2.40. The van der Waals surface area contributed by atoms with Gasteiger partial charge in [-0.3, -0.25) is 19.8 Å². The molecule has 2 aromatic carbocycles. The van der Waals surface area contributed by atoms with E-state index in [0.717, 1.165) is 11.8 Å². The van der Waals surface area contributed by atoms with Gasteiger partial charge in [0.15, 0.2) is 4.32 Å². The number of methoxy groups -OCH3 is 1. The molecular formula is C17H10Cl2N2O4S2. The van der Waals surface area contributed by atoms with Gasteiger partial charge in [0.2, 0.25) is 0 Å². The van der Waals surface area contributed by atoms with Crippen molar-refractivity contribution >= 4 is 74.9 Å². The molecule has 0 bridgehead atoms. The molecule has 138 valence electrons. The summed E-state index contributed by atoms with van der Waals surface area (Å²) in [5, 5.41) is 11.4. The van der Waals surface area contributed by atoms with Crippen molar-refractivity contribution in [3.63, 3.8) is 0 Å². The van der Waals surface area contributed by atoms with Gasteiger partial charge in [-0.05, 0) is 35.9 Å². The van der Waals surface area contributed by atoms with Crippen LogP contribution >= 0.6 is 47.2 Å². The van der Waals surface area contributed by atoms with Crippen LogP contribution in [0.2, 0.25) is 10.0 Å². The number of nitro groups is 1. The van der Waals surface area contributed by atoms with Crippen LogP contribution in [-0.4, -0.2) is 22.3 Å². The number of anilines is 1. The number of carbonyl (C=O) groups excluding carboxylic acids is 1. The minimum absolute atomic E-state index is 0.0255. The first-order chi connectivity index (χ1) is 12.8. The fraction of sp³-hybridized carbons (Fsp3) is 0.0588. The molecule has 0 atom stereocenters. The summed E-state index contributed by atoms with van der Waals surface area (Å²) >= 11 is 18.4. The van der Waals surface area contributed by atoms with E-state index in [1.165, 1.54) is 30.2 Å². The lowest BCUT2D eigenvalue weighted by atomic mass is 10.2. The van der Waals surface area contributed by atoms with Crippen LogP contribution in [-0.2, 0) is 4.79 Å². The van der Waals surface area contributed by atoms with Gasteiger partial charge < -0.3 is 4.74 Å². The van der Waals surface area contributed by atoms with Crippen LogP contribution < -0.4 is 9.64 Å². The van der Waals surface area contributed by atoms with Crippen molar-refractivity contribution in [3.8, 4) is 5.75 Å². The number of halogens is 2. The summed E-state index contributed by atoms with van der Waals surface area (Å²) in [6.07, 6.45) is 1.54. The first kappa shape index (κ1) is 19.6. The Morgan fingerprint density at radius 3 is 2.59 bits per heavy atom. The predicted octanol–water partition coefficient (Wildman–Crippen LogP) is 5.32. The van der Waals surface area contributed by atoms with Gasteiger partial charge >= 0.3 is 0 Å². The van der Waals surface area contributed by atoms with Crippen molar-refractivity contribution < 1.29 is 14.5 Å². The molecular weight excluding hydrogens is 431 g/mol. The third-order valence-electron chi connectivity index (χ3n) is 3.65. The summed E-state index contributed by atoms with van der Waals surface area (Å²) in [4.78, 5) is 24.9. The first-order valence-electron chi connectivity index (χ1n) is 7.37. The molecule has 1 aliphatic heterocycles. The quantitative estimate of drug-likeness (QED) is 0.277. The van der Waals surface area contributed by atoms with Crippen LogP contribution in [0.3, 0.4) is 0 Å². The second-order valence-electron chi connectivity index (χ2n) is 5.30. The number of carbonyl (C=O) groups is 1. The molecule has 0 radical (unpaired) electrons. The van der Waals surface area contributed by atoms with Gasteiger partial charge in [-0.25, -0.2) is 0 Å². The molecule has 2 aromatic rings. The van der Waals surface area contributed by atoms with Crippen LogP contribution in [0.4, 0.5) is 11.4 Å². The number of nitro benzene ring substituents is 1. The Labute approximate surface area is 173 Å². The molecule has 0 N–H and O–H groups in total.